The van der Waals surface area contributed by atoms with E-state index in [0.29, 0.717) is 0 Å². The highest BCUT2D eigenvalue weighted by atomic mass is 32.2. The SMILES string of the molecule is CCS(=O)(=O)c1cccnc1NN. The van der Waals surface area contributed by atoms with Gasteiger partial charge in [0.2, 0.25) is 0 Å². The normalized spacial score (nSPS) is 11.2. The maximum Gasteiger partial charge on any atom is 0.181 e. The summed E-state index contributed by atoms with van der Waals surface area (Å²) in [7, 11) is -3.25. The van der Waals surface area contributed by atoms with Crippen LogP contribution >= 0.6 is 0 Å². The summed E-state index contributed by atoms with van der Waals surface area (Å²) in [6.45, 7) is 1.57. The van der Waals surface area contributed by atoms with Crippen molar-refractivity contribution in [1.82, 2.24) is 4.98 Å². The Morgan fingerprint density at radius 1 is 1.62 bits per heavy atom. The molecule has 1 aromatic rings. The molecular weight excluding hydrogens is 190 g/mol. The molecule has 1 heterocycles. The summed E-state index contributed by atoms with van der Waals surface area (Å²) in [4.78, 5) is 3.94. The zero-order valence-electron chi connectivity index (χ0n) is 7.19. The maximum absolute atomic E-state index is 11.4. The van der Waals surface area contributed by atoms with Gasteiger partial charge in [-0.3, -0.25) is 0 Å². The second-order valence-electron chi connectivity index (χ2n) is 2.40. The molecule has 0 saturated carbocycles. The van der Waals surface area contributed by atoms with Crippen LogP contribution in [0.5, 0.6) is 0 Å². The number of nitrogen functional groups attached to an aromatic ring is 1. The first-order valence-electron chi connectivity index (χ1n) is 3.76. The van der Waals surface area contributed by atoms with Crippen LogP contribution < -0.4 is 11.3 Å². The molecular formula is C7H11N3O2S. The standard InChI is InChI=1S/C7H11N3O2S/c1-2-13(11,12)6-4-3-5-9-7(6)10-8/h3-5H,2,8H2,1H3,(H,9,10). The summed E-state index contributed by atoms with van der Waals surface area (Å²) >= 11 is 0. The Hall–Kier alpha value is -1.14. The smallest absolute Gasteiger partial charge is 0.181 e. The first-order chi connectivity index (χ1) is 6.11. The molecule has 72 valence electrons. The highest BCUT2D eigenvalue weighted by molar-refractivity contribution is 7.91. The van der Waals surface area contributed by atoms with E-state index in [1.54, 1.807) is 13.0 Å². The molecule has 0 amide bonds. The van der Waals surface area contributed by atoms with Crippen LogP contribution in [0.2, 0.25) is 0 Å². The van der Waals surface area contributed by atoms with E-state index < -0.39 is 9.84 Å². The number of nitrogens with one attached hydrogen (secondary N) is 1. The average Bonchev–Trinajstić information content (AvgIpc) is 2.18. The predicted molar refractivity (Wildman–Crippen MR) is 49.8 cm³/mol. The third-order valence-electron chi connectivity index (χ3n) is 1.62. The van der Waals surface area contributed by atoms with E-state index >= 15 is 0 Å². The second-order valence-corrected chi connectivity index (χ2v) is 4.64. The average molecular weight is 201 g/mol. The number of hydrazine groups is 1. The first-order valence-corrected chi connectivity index (χ1v) is 5.41. The fourth-order valence-electron chi connectivity index (χ4n) is 0.905. The highest BCUT2D eigenvalue weighted by Gasteiger charge is 2.16. The number of hydrogen-bond acceptors (Lipinski definition) is 5. The number of rotatable bonds is 3. The lowest BCUT2D eigenvalue weighted by molar-refractivity contribution is 0.597. The molecule has 0 radical (unpaired) electrons. The Bertz CT molecular complexity index is 388. The number of pyridine rings is 1. The fraction of sp³-hybridized carbons (Fsp3) is 0.286. The third kappa shape index (κ3) is 1.96. The van der Waals surface area contributed by atoms with Gasteiger partial charge >= 0.3 is 0 Å². The topological polar surface area (TPSA) is 85.1 Å². The molecule has 0 atom stereocenters. The molecule has 0 unspecified atom stereocenters. The van der Waals surface area contributed by atoms with Crippen molar-refractivity contribution in [3.63, 3.8) is 0 Å². The van der Waals surface area contributed by atoms with Crippen LogP contribution in [-0.4, -0.2) is 19.2 Å². The Kier molecular flexibility index (Phi) is 2.84. The van der Waals surface area contributed by atoms with Crippen molar-refractivity contribution < 1.29 is 8.42 Å². The highest BCUT2D eigenvalue weighted by Crippen LogP contribution is 2.17. The molecule has 13 heavy (non-hydrogen) atoms. The van der Waals surface area contributed by atoms with E-state index in [4.69, 9.17) is 5.84 Å². The van der Waals surface area contributed by atoms with E-state index in [1.807, 2.05) is 0 Å². The predicted octanol–water partition coefficient (Wildman–Crippen LogP) is 0.161. The number of nitrogens with zero attached hydrogens (tertiary/aromatic N) is 1. The van der Waals surface area contributed by atoms with E-state index in [-0.39, 0.29) is 16.5 Å². The van der Waals surface area contributed by atoms with Gasteiger partial charge in [0.1, 0.15) is 4.90 Å². The molecule has 0 spiro atoms. The van der Waals surface area contributed by atoms with E-state index in [2.05, 4.69) is 10.4 Å². The van der Waals surface area contributed by atoms with Crippen molar-refractivity contribution in [3.05, 3.63) is 18.3 Å². The number of sulfone groups is 1. The molecule has 0 bridgehead atoms. The summed E-state index contributed by atoms with van der Waals surface area (Å²) in [5.74, 6) is 5.34. The van der Waals surface area contributed by atoms with Crippen LogP contribution in [0.3, 0.4) is 0 Å². The minimum absolute atomic E-state index is 0.0351. The summed E-state index contributed by atoms with van der Waals surface area (Å²) in [5, 5.41) is 0. The van der Waals surface area contributed by atoms with Crippen molar-refractivity contribution in [2.45, 2.75) is 11.8 Å². The van der Waals surface area contributed by atoms with E-state index in [1.165, 1.54) is 12.3 Å². The lowest BCUT2D eigenvalue weighted by Crippen LogP contribution is -2.14. The molecule has 0 aliphatic carbocycles. The summed E-state index contributed by atoms with van der Waals surface area (Å²) in [6.07, 6.45) is 1.48. The van der Waals surface area contributed by atoms with Crippen molar-refractivity contribution in [2.24, 2.45) is 5.84 Å². The molecule has 1 aromatic heterocycles. The summed E-state index contributed by atoms with van der Waals surface area (Å²) in [5.41, 5.74) is 2.25. The Morgan fingerprint density at radius 3 is 2.85 bits per heavy atom. The van der Waals surface area contributed by atoms with Gasteiger partial charge in [0, 0.05) is 6.20 Å². The summed E-state index contributed by atoms with van der Waals surface area (Å²) < 4.78 is 22.9. The molecule has 0 aliphatic rings. The number of aromatic nitrogens is 1. The molecule has 6 heteroatoms. The van der Waals surface area contributed by atoms with Crippen molar-refractivity contribution in [3.8, 4) is 0 Å². The van der Waals surface area contributed by atoms with Gasteiger partial charge in [-0.05, 0) is 12.1 Å². The third-order valence-corrected chi connectivity index (χ3v) is 3.38. The molecule has 0 aromatic carbocycles. The second kappa shape index (κ2) is 3.71. The van der Waals surface area contributed by atoms with E-state index in [0.717, 1.165) is 0 Å². The molecule has 1 rings (SSSR count). The van der Waals surface area contributed by atoms with Crippen LogP contribution in [-0.2, 0) is 9.84 Å². The zero-order valence-corrected chi connectivity index (χ0v) is 8.00. The Morgan fingerprint density at radius 2 is 2.31 bits per heavy atom. The quantitative estimate of drug-likeness (QED) is 0.537. The summed E-state index contributed by atoms with van der Waals surface area (Å²) in [6, 6.07) is 3.03. The Labute approximate surface area is 76.9 Å². The maximum atomic E-state index is 11.4. The molecule has 3 N–H and O–H groups in total. The number of nitrogens with two attached hydrogens (primary N) is 1. The lowest BCUT2D eigenvalue weighted by atomic mass is 10.5. The van der Waals surface area contributed by atoms with Crippen LogP contribution in [0.1, 0.15) is 6.92 Å². The largest absolute Gasteiger partial charge is 0.307 e. The van der Waals surface area contributed by atoms with Crippen LogP contribution in [0.15, 0.2) is 23.2 Å². The lowest BCUT2D eigenvalue weighted by Gasteiger charge is -2.05. The molecule has 0 saturated heterocycles. The van der Waals surface area contributed by atoms with Gasteiger partial charge in [0.15, 0.2) is 15.7 Å². The molecule has 0 fully saturated rings. The Balaban J connectivity index is 3.29. The van der Waals surface area contributed by atoms with Crippen LogP contribution in [0, 0.1) is 0 Å². The minimum atomic E-state index is -3.25. The van der Waals surface area contributed by atoms with Gasteiger partial charge in [0.25, 0.3) is 0 Å². The van der Waals surface area contributed by atoms with Gasteiger partial charge in [-0.15, -0.1) is 0 Å². The first kappa shape index (κ1) is 9.94. The fourth-order valence-corrected chi connectivity index (χ4v) is 1.91. The van der Waals surface area contributed by atoms with Gasteiger partial charge < -0.3 is 5.43 Å². The van der Waals surface area contributed by atoms with Gasteiger partial charge in [-0.2, -0.15) is 0 Å². The number of hydrogen-bond donors (Lipinski definition) is 2. The van der Waals surface area contributed by atoms with Gasteiger partial charge in [-0.25, -0.2) is 19.2 Å². The monoisotopic (exact) mass is 201 g/mol. The van der Waals surface area contributed by atoms with Crippen LogP contribution in [0.25, 0.3) is 0 Å². The van der Waals surface area contributed by atoms with Crippen molar-refractivity contribution in [1.29, 1.82) is 0 Å². The van der Waals surface area contributed by atoms with Gasteiger partial charge in [-0.1, -0.05) is 6.92 Å². The van der Waals surface area contributed by atoms with E-state index in [9.17, 15) is 8.42 Å². The zero-order chi connectivity index (χ0) is 9.90. The van der Waals surface area contributed by atoms with Gasteiger partial charge in [0.05, 0.1) is 5.75 Å². The minimum Gasteiger partial charge on any atom is -0.307 e. The van der Waals surface area contributed by atoms with Crippen molar-refractivity contribution in [2.75, 3.05) is 11.2 Å². The molecule has 0 aliphatic heterocycles. The van der Waals surface area contributed by atoms with Crippen LogP contribution in [0.4, 0.5) is 5.82 Å². The number of anilines is 1. The van der Waals surface area contributed by atoms with Crippen molar-refractivity contribution >= 4 is 15.7 Å². The molecule has 5 nitrogen and oxygen atoms in total.